The fraction of sp³-hybridized carbons (Fsp3) is 0.476. The first kappa shape index (κ1) is 21.5. The Balaban J connectivity index is 1.51. The molecule has 30 heavy (non-hydrogen) atoms. The Bertz CT molecular complexity index is 966. The van der Waals surface area contributed by atoms with Gasteiger partial charge in [-0.3, -0.25) is 9.59 Å². The molecule has 1 aromatic carbocycles. The van der Waals surface area contributed by atoms with Crippen molar-refractivity contribution in [3.05, 3.63) is 35.0 Å². The maximum absolute atomic E-state index is 12.0. The van der Waals surface area contributed by atoms with E-state index in [1.807, 2.05) is 17.2 Å². The first-order valence-corrected chi connectivity index (χ1v) is 12.2. The number of amides is 2. The van der Waals surface area contributed by atoms with Crippen molar-refractivity contribution in [3.63, 3.8) is 0 Å². The van der Waals surface area contributed by atoms with Crippen molar-refractivity contribution in [1.29, 1.82) is 0 Å². The molecule has 1 unspecified atom stereocenters. The zero-order valence-electron chi connectivity index (χ0n) is 17.1. The number of rotatable bonds is 6. The van der Waals surface area contributed by atoms with Gasteiger partial charge in [0.05, 0.1) is 10.4 Å². The monoisotopic (exact) mass is 464 g/mol. The van der Waals surface area contributed by atoms with E-state index in [2.05, 4.69) is 27.3 Å². The van der Waals surface area contributed by atoms with Crippen molar-refractivity contribution in [1.82, 2.24) is 15.2 Å². The molecule has 2 aliphatic heterocycles. The molecule has 160 valence electrons. The van der Waals surface area contributed by atoms with E-state index >= 15 is 0 Å². The Labute approximate surface area is 190 Å². The van der Waals surface area contributed by atoms with Crippen LogP contribution in [0.25, 0.3) is 0 Å². The van der Waals surface area contributed by atoms with Gasteiger partial charge in [-0.15, -0.1) is 11.8 Å². The van der Waals surface area contributed by atoms with E-state index in [1.165, 1.54) is 5.56 Å². The van der Waals surface area contributed by atoms with Crippen LogP contribution >= 0.6 is 34.7 Å². The van der Waals surface area contributed by atoms with Crippen molar-refractivity contribution >= 4 is 57.3 Å². The molecule has 0 saturated carbocycles. The number of hydrogen-bond acceptors (Lipinski definition) is 6. The average molecular weight is 465 g/mol. The van der Waals surface area contributed by atoms with E-state index in [-0.39, 0.29) is 17.2 Å². The number of fused-ring (bicyclic) bond motifs is 2. The highest BCUT2D eigenvalue weighted by Gasteiger charge is 2.48. The second kappa shape index (κ2) is 8.77. The summed E-state index contributed by atoms with van der Waals surface area (Å²) in [5, 5.41) is 4.34. The number of nitrogens with one attached hydrogen (secondary N) is 1. The van der Waals surface area contributed by atoms with Crippen molar-refractivity contribution in [2.75, 3.05) is 37.3 Å². The molecule has 9 heteroatoms. The van der Waals surface area contributed by atoms with Crippen molar-refractivity contribution in [2.45, 2.75) is 35.8 Å². The minimum absolute atomic E-state index is 0.0781. The van der Waals surface area contributed by atoms with E-state index in [4.69, 9.17) is 11.6 Å². The Hall–Kier alpha value is -1.77. The SMILES string of the molecule is CNC(=O)CCCSc1cnc(N2CC3(CCN(C(C)=O)C3)c3cc(Cl)ccc32)s1. The molecule has 4 rings (SSSR count). The third-order valence-electron chi connectivity index (χ3n) is 5.86. The molecule has 3 heterocycles. The Morgan fingerprint density at radius 3 is 2.93 bits per heavy atom. The minimum Gasteiger partial charge on any atom is -0.359 e. The van der Waals surface area contributed by atoms with Crippen LogP contribution in [-0.4, -0.2) is 54.1 Å². The van der Waals surface area contributed by atoms with E-state index in [9.17, 15) is 9.59 Å². The average Bonchev–Trinajstić information content (AvgIpc) is 3.44. The predicted octanol–water partition coefficient (Wildman–Crippen LogP) is 4.06. The van der Waals surface area contributed by atoms with Gasteiger partial charge in [0.25, 0.3) is 0 Å². The molecule has 2 aliphatic rings. The normalized spacial score (nSPS) is 20.1. The Morgan fingerprint density at radius 1 is 1.37 bits per heavy atom. The lowest BCUT2D eigenvalue weighted by Gasteiger charge is -2.25. The molecule has 1 spiro atoms. The number of carbonyl (C=O) groups excluding carboxylic acids is 2. The predicted molar refractivity (Wildman–Crippen MR) is 123 cm³/mol. The summed E-state index contributed by atoms with van der Waals surface area (Å²) in [6.07, 6.45) is 4.24. The second-order valence-corrected chi connectivity index (χ2v) is 10.6. The highest BCUT2D eigenvalue weighted by Crippen LogP contribution is 2.50. The van der Waals surface area contributed by atoms with Crippen LogP contribution in [0.5, 0.6) is 0 Å². The van der Waals surface area contributed by atoms with Gasteiger partial charge in [-0.05, 0) is 42.4 Å². The van der Waals surface area contributed by atoms with Crippen LogP contribution in [0, 0.1) is 0 Å². The van der Waals surface area contributed by atoms with Crippen LogP contribution in [0.3, 0.4) is 0 Å². The minimum atomic E-state index is -0.0988. The van der Waals surface area contributed by atoms with E-state index in [0.717, 1.165) is 58.3 Å². The molecular weight excluding hydrogens is 440 g/mol. The molecule has 2 amide bonds. The maximum atomic E-state index is 12.0. The van der Waals surface area contributed by atoms with Crippen LogP contribution in [0.2, 0.25) is 5.02 Å². The number of aromatic nitrogens is 1. The summed E-state index contributed by atoms with van der Waals surface area (Å²) in [4.78, 5) is 32.2. The van der Waals surface area contributed by atoms with E-state index in [1.54, 1.807) is 37.1 Å². The molecule has 1 atom stereocenters. The third kappa shape index (κ3) is 4.18. The molecule has 1 N–H and O–H groups in total. The van der Waals surface area contributed by atoms with Gasteiger partial charge in [0, 0.05) is 56.2 Å². The number of thioether (sulfide) groups is 1. The van der Waals surface area contributed by atoms with Crippen LogP contribution in [-0.2, 0) is 15.0 Å². The van der Waals surface area contributed by atoms with Gasteiger partial charge in [-0.25, -0.2) is 4.98 Å². The van der Waals surface area contributed by atoms with Gasteiger partial charge in [0.1, 0.15) is 0 Å². The van der Waals surface area contributed by atoms with E-state index < -0.39 is 0 Å². The lowest BCUT2D eigenvalue weighted by Crippen LogP contribution is -2.36. The summed E-state index contributed by atoms with van der Waals surface area (Å²) >= 11 is 9.76. The molecule has 1 aromatic heterocycles. The number of halogens is 1. The fourth-order valence-corrected chi connectivity index (χ4v) is 6.44. The van der Waals surface area contributed by atoms with Gasteiger partial charge < -0.3 is 15.1 Å². The standard InChI is InChI=1S/C21H25ClN4O2S2/c1-14(27)25-8-7-21(12-25)13-26(17-6-5-15(22)10-16(17)21)20-24-11-19(30-20)29-9-3-4-18(28)23-2/h5-6,10-11H,3-4,7-9,12-13H2,1-2H3,(H,23,28). The quantitative estimate of drug-likeness (QED) is 0.516. The number of nitrogens with zero attached hydrogens (tertiary/aromatic N) is 3. The molecule has 0 radical (unpaired) electrons. The van der Waals surface area contributed by atoms with Crippen molar-refractivity contribution in [3.8, 4) is 0 Å². The number of anilines is 2. The zero-order valence-corrected chi connectivity index (χ0v) is 19.5. The summed E-state index contributed by atoms with van der Waals surface area (Å²) in [5.41, 5.74) is 2.25. The molecule has 1 saturated heterocycles. The first-order chi connectivity index (χ1) is 14.4. The maximum Gasteiger partial charge on any atom is 0.219 e. The Morgan fingerprint density at radius 2 is 2.20 bits per heavy atom. The highest BCUT2D eigenvalue weighted by molar-refractivity contribution is 8.01. The number of carbonyl (C=O) groups is 2. The molecule has 2 aromatic rings. The first-order valence-electron chi connectivity index (χ1n) is 10.0. The molecule has 0 aliphatic carbocycles. The number of benzene rings is 1. The van der Waals surface area contributed by atoms with Gasteiger partial charge in [0.15, 0.2) is 5.13 Å². The number of thiazole rings is 1. The zero-order chi connectivity index (χ0) is 21.3. The van der Waals surface area contributed by atoms with Crippen molar-refractivity contribution in [2.24, 2.45) is 0 Å². The molecule has 1 fully saturated rings. The van der Waals surface area contributed by atoms with E-state index in [0.29, 0.717) is 6.42 Å². The lowest BCUT2D eigenvalue weighted by molar-refractivity contribution is -0.128. The summed E-state index contributed by atoms with van der Waals surface area (Å²) < 4.78 is 1.15. The smallest absolute Gasteiger partial charge is 0.219 e. The van der Waals surface area contributed by atoms with Crippen LogP contribution in [0.4, 0.5) is 10.8 Å². The number of likely N-dealkylation sites (tertiary alicyclic amines) is 1. The molecule has 0 bridgehead atoms. The second-order valence-electron chi connectivity index (χ2n) is 7.81. The van der Waals surface area contributed by atoms with Gasteiger partial charge in [-0.2, -0.15) is 0 Å². The van der Waals surface area contributed by atoms with Gasteiger partial charge in [0.2, 0.25) is 11.8 Å². The summed E-state index contributed by atoms with van der Waals surface area (Å²) in [6, 6.07) is 6.05. The summed E-state index contributed by atoms with van der Waals surface area (Å²) in [6.45, 7) is 3.94. The van der Waals surface area contributed by atoms with Crippen LogP contribution < -0.4 is 10.2 Å². The number of hydrogen-bond donors (Lipinski definition) is 1. The molecule has 6 nitrogen and oxygen atoms in total. The highest BCUT2D eigenvalue weighted by atomic mass is 35.5. The fourth-order valence-electron chi connectivity index (χ4n) is 4.27. The lowest BCUT2D eigenvalue weighted by atomic mass is 9.81. The van der Waals surface area contributed by atoms with Gasteiger partial charge >= 0.3 is 0 Å². The van der Waals surface area contributed by atoms with Crippen LogP contribution in [0.1, 0.15) is 31.7 Å². The topological polar surface area (TPSA) is 65.5 Å². The molecular formula is C21H25ClN4O2S2. The van der Waals surface area contributed by atoms with Crippen LogP contribution in [0.15, 0.2) is 28.6 Å². The van der Waals surface area contributed by atoms with Crippen molar-refractivity contribution < 1.29 is 9.59 Å². The summed E-state index contributed by atoms with van der Waals surface area (Å²) in [7, 11) is 1.67. The summed E-state index contributed by atoms with van der Waals surface area (Å²) in [5.74, 6) is 1.09. The third-order valence-corrected chi connectivity index (χ3v) is 8.39. The largest absolute Gasteiger partial charge is 0.359 e. The van der Waals surface area contributed by atoms with Gasteiger partial charge in [-0.1, -0.05) is 22.9 Å². The Kier molecular flexibility index (Phi) is 6.27.